The van der Waals surface area contributed by atoms with Gasteiger partial charge in [-0.15, -0.1) is 4.40 Å². The van der Waals surface area contributed by atoms with Crippen LogP contribution in [-0.4, -0.2) is 44.3 Å². The topological polar surface area (TPSA) is 114 Å². The van der Waals surface area contributed by atoms with E-state index in [4.69, 9.17) is 10.5 Å². The van der Waals surface area contributed by atoms with Gasteiger partial charge in [-0.25, -0.2) is 0 Å². The van der Waals surface area contributed by atoms with E-state index in [1.54, 1.807) is 18.2 Å². The van der Waals surface area contributed by atoms with Gasteiger partial charge in [-0.05, 0) is 49.9 Å². The van der Waals surface area contributed by atoms with E-state index >= 15 is 0 Å². The molecule has 2 aromatic carbocycles. The number of carbonyl (C=O) groups excluding carboxylic acids is 1. The van der Waals surface area contributed by atoms with Crippen molar-refractivity contribution in [2.24, 2.45) is 10.1 Å². The van der Waals surface area contributed by atoms with Gasteiger partial charge >= 0.3 is 10.2 Å². The van der Waals surface area contributed by atoms with E-state index in [1.165, 1.54) is 0 Å². The van der Waals surface area contributed by atoms with E-state index in [0.717, 1.165) is 24.8 Å². The van der Waals surface area contributed by atoms with Gasteiger partial charge in [0.05, 0.1) is 17.3 Å². The summed E-state index contributed by atoms with van der Waals surface area (Å²) in [6, 6.07) is 12.5. The average Bonchev–Trinajstić information content (AvgIpc) is 2.71. The number of nitrogens with two attached hydrogens (primary N) is 1. The molecule has 1 fully saturated rings. The van der Waals surface area contributed by atoms with Crippen LogP contribution in [0.2, 0.25) is 0 Å². The maximum absolute atomic E-state index is 13.2. The Morgan fingerprint density at radius 2 is 2.03 bits per heavy atom. The number of anilines is 1. The van der Waals surface area contributed by atoms with Crippen LogP contribution in [-0.2, 0) is 10.2 Å². The lowest BCUT2D eigenvalue weighted by atomic mass is 10.00. The van der Waals surface area contributed by atoms with E-state index in [2.05, 4.69) is 9.12 Å². The second-order valence-corrected chi connectivity index (χ2v) is 8.84. The third kappa shape index (κ3) is 3.97. The van der Waals surface area contributed by atoms with Crippen molar-refractivity contribution in [3.8, 4) is 5.75 Å². The second kappa shape index (κ2) is 7.98. The fourth-order valence-electron chi connectivity index (χ4n) is 3.93. The average molecular weight is 429 g/mol. The predicted octanol–water partition coefficient (Wildman–Crippen LogP) is 2.44. The number of hydrogen-bond donors (Lipinski definition) is 2. The molecule has 0 radical (unpaired) electrons. The lowest BCUT2D eigenvalue weighted by Crippen LogP contribution is -2.47. The summed E-state index contributed by atoms with van der Waals surface area (Å²) in [4.78, 5) is 15.0. The van der Waals surface area contributed by atoms with Crippen molar-refractivity contribution in [2.75, 3.05) is 17.9 Å². The molecule has 8 nitrogen and oxygen atoms in total. The van der Waals surface area contributed by atoms with E-state index < -0.39 is 10.2 Å². The van der Waals surface area contributed by atoms with Crippen molar-refractivity contribution >= 4 is 27.6 Å². The summed E-state index contributed by atoms with van der Waals surface area (Å²) in [5, 5.41) is 0. The van der Waals surface area contributed by atoms with Gasteiger partial charge in [-0.3, -0.25) is 9.52 Å². The van der Waals surface area contributed by atoms with Crippen LogP contribution in [0.3, 0.4) is 0 Å². The molecule has 1 amide bonds. The molecule has 2 aliphatic rings. The molecular weight excluding hydrogens is 404 g/mol. The number of nitrogens with zero attached hydrogens (tertiary/aromatic N) is 2. The molecular formula is C21H24N4O4S. The SMILES string of the molecule is Cc1ccccc1C(=O)N1CCCC[C@@H]1COc1cccc2c1C(N)=NS(=O)(=O)N2. The van der Waals surface area contributed by atoms with Crippen molar-refractivity contribution in [1.29, 1.82) is 0 Å². The monoisotopic (exact) mass is 428 g/mol. The first-order valence-electron chi connectivity index (χ1n) is 9.87. The van der Waals surface area contributed by atoms with E-state index in [1.807, 2.05) is 36.1 Å². The molecule has 4 rings (SSSR count). The number of carbonyl (C=O) groups is 1. The molecule has 0 aromatic heterocycles. The van der Waals surface area contributed by atoms with Crippen LogP contribution in [0.15, 0.2) is 46.9 Å². The van der Waals surface area contributed by atoms with Crippen LogP contribution in [0.5, 0.6) is 5.75 Å². The fraction of sp³-hybridized carbons (Fsp3) is 0.333. The molecule has 2 heterocycles. The Morgan fingerprint density at radius 1 is 1.23 bits per heavy atom. The summed E-state index contributed by atoms with van der Waals surface area (Å²) < 4.78 is 35.4. The highest BCUT2D eigenvalue weighted by atomic mass is 32.2. The van der Waals surface area contributed by atoms with Gasteiger partial charge < -0.3 is 15.4 Å². The maximum atomic E-state index is 13.2. The van der Waals surface area contributed by atoms with Crippen LogP contribution in [0.25, 0.3) is 0 Å². The summed E-state index contributed by atoms with van der Waals surface area (Å²) in [7, 11) is -3.85. The molecule has 30 heavy (non-hydrogen) atoms. The van der Waals surface area contributed by atoms with Gasteiger partial charge in [-0.2, -0.15) is 8.42 Å². The van der Waals surface area contributed by atoms with E-state index in [0.29, 0.717) is 29.1 Å². The minimum atomic E-state index is -3.85. The number of aryl methyl sites for hydroxylation is 1. The summed E-state index contributed by atoms with van der Waals surface area (Å²) >= 11 is 0. The normalized spacial score (nSPS) is 20.0. The summed E-state index contributed by atoms with van der Waals surface area (Å²) in [5.41, 5.74) is 8.28. The number of amidine groups is 1. The fourth-order valence-corrected chi connectivity index (χ4v) is 4.78. The van der Waals surface area contributed by atoms with Crippen molar-refractivity contribution in [2.45, 2.75) is 32.2 Å². The highest BCUT2D eigenvalue weighted by molar-refractivity contribution is 7.91. The summed E-state index contributed by atoms with van der Waals surface area (Å²) in [6.45, 7) is 2.90. The van der Waals surface area contributed by atoms with Crippen LogP contribution in [0.1, 0.15) is 40.7 Å². The molecule has 0 saturated carbocycles. The van der Waals surface area contributed by atoms with Crippen molar-refractivity contribution in [3.05, 3.63) is 59.2 Å². The molecule has 0 bridgehead atoms. The minimum Gasteiger partial charge on any atom is -0.491 e. The zero-order chi connectivity index (χ0) is 21.3. The highest BCUT2D eigenvalue weighted by Gasteiger charge is 2.30. The van der Waals surface area contributed by atoms with Gasteiger partial charge in [0.25, 0.3) is 5.91 Å². The zero-order valence-corrected chi connectivity index (χ0v) is 17.5. The lowest BCUT2D eigenvalue weighted by Gasteiger charge is -2.36. The Labute approximate surface area is 175 Å². The van der Waals surface area contributed by atoms with Crippen molar-refractivity contribution in [1.82, 2.24) is 4.90 Å². The third-order valence-corrected chi connectivity index (χ3v) is 6.35. The number of amides is 1. The van der Waals surface area contributed by atoms with Gasteiger partial charge in [0.1, 0.15) is 12.4 Å². The molecule has 9 heteroatoms. The maximum Gasteiger partial charge on any atom is 0.344 e. The number of fused-ring (bicyclic) bond motifs is 1. The number of piperidine rings is 1. The molecule has 2 aliphatic heterocycles. The number of rotatable bonds is 4. The Balaban J connectivity index is 1.55. The molecule has 1 atom stereocenters. The van der Waals surface area contributed by atoms with Crippen LogP contribution < -0.4 is 15.2 Å². The standard InChI is InChI=1S/C21H24N4O4S/c1-14-7-2-3-9-16(14)21(26)25-12-5-4-8-15(25)13-29-18-11-6-10-17-19(18)20(22)24-30(27,28)23-17/h2-3,6-7,9-11,15,23H,4-5,8,12-13H2,1H3,(H2,22,24)/t15-/m1/s1. The van der Waals surface area contributed by atoms with Gasteiger partial charge in [0.15, 0.2) is 5.84 Å². The molecule has 2 aromatic rings. The van der Waals surface area contributed by atoms with Crippen LogP contribution in [0.4, 0.5) is 5.69 Å². The summed E-state index contributed by atoms with van der Waals surface area (Å²) in [6.07, 6.45) is 2.81. The zero-order valence-electron chi connectivity index (χ0n) is 16.7. The number of nitrogens with one attached hydrogen (secondary N) is 1. The Kier molecular flexibility index (Phi) is 5.38. The predicted molar refractivity (Wildman–Crippen MR) is 115 cm³/mol. The van der Waals surface area contributed by atoms with Crippen LogP contribution in [0, 0.1) is 6.92 Å². The Morgan fingerprint density at radius 3 is 2.83 bits per heavy atom. The number of hydrogen-bond acceptors (Lipinski definition) is 5. The van der Waals surface area contributed by atoms with E-state index in [9.17, 15) is 13.2 Å². The van der Waals surface area contributed by atoms with Crippen molar-refractivity contribution in [3.63, 3.8) is 0 Å². The molecule has 1 saturated heterocycles. The Hall–Kier alpha value is -3.07. The lowest BCUT2D eigenvalue weighted by molar-refractivity contribution is 0.0527. The smallest absolute Gasteiger partial charge is 0.344 e. The number of benzene rings is 2. The van der Waals surface area contributed by atoms with Crippen LogP contribution >= 0.6 is 0 Å². The van der Waals surface area contributed by atoms with Gasteiger partial charge in [0.2, 0.25) is 0 Å². The minimum absolute atomic E-state index is 0.00493. The third-order valence-electron chi connectivity index (χ3n) is 5.43. The first kappa shape index (κ1) is 20.2. The van der Waals surface area contributed by atoms with Gasteiger partial charge in [0, 0.05) is 12.1 Å². The molecule has 3 N–H and O–H groups in total. The summed E-state index contributed by atoms with van der Waals surface area (Å²) in [5.74, 6) is 0.325. The Bertz CT molecular complexity index is 1110. The molecule has 0 spiro atoms. The first-order chi connectivity index (χ1) is 14.4. The highest BCUT2D eigenvalue weighted by Crippen LogP contribution is 2.31. The quantitative estimate of drug-likeness (QED) is 0.776. The molecule has 0 aliphatic carbocycles. The number of likely N-dealkylation sites (tertiary alicyclic amines) is 1. The number of ether oxygens (including phenoxy) is 1. The van der Waals surface area contributed by atoms with Gasteiger partial charge in [-0.1, -0.05) is 24.3 Å². The molecule has 0 unspecified atom stereocenters. The van der Waals surface area contributed by atoms with E-state index in [-0.39, 0.29) is 24.4 Å². The second-order valence-electron chi connectivity index (χ2n) is 7.51. The van der Waals surface area contributed by atoms with Crippen molar-refractivity contribution < 1.29 is 17.9 Å². The first-order valence-corrected chi connectivity index (χ1v) is 11.3. The molecule has 158 valence electrons. The largest absolute Gasteiger partial charge is 0.491 e.